The van der Waals surface area contributed by atoms with Gasteiger partial charge in [0.1, 0.15) is 11.4 Å². The number of urea groups is 4. The van der Waals surface area contributed by atoms with Gasteiger partial charge >= 0.3 is 24.1 Å². The van der Waals surface area contributed by atoms with Crippen molar-refractivity contribution in [3.63, 3.8) is 0 Å². The molecule has 0 saturated heterocycles. The van der Waals surface area contributed by atoms with Crippen molar-refractivity contribution in [2.45, 2.75) is 131 Å². The zero-order chi connectivity index (χ0) is 77.2. The molecule has 8 aromatic heterocycles. The van der Waals surface area contributed by atoms with E-state index in [0.29, 0.717) is 84.8 Å². The van der Waals surface area contributed by atoms with Crippen molar-refractivity contribution in [1.29, 1.82) is 0 Å². The molecule has 0 fully saturated rings. The van der Waals surface area contributed by atoms with Gasteiger partial charge in [-0.15, -0.1) is 34.0 Å². The minimum atomic E-state index is -1.01. The van der Waals surface area contributed by atoms with Crippen LogP contribution >= 0.6 is 34.0 Å². The number of benzene rings is 4. The predicted octanol–water partition coefficient (Wildman–Crippen LogP) is 16.8. The SMILES string of the molecule is Cc1cc(NC(=O)N2Cc3c(noc3-c3cnccn3)CC2C)cc(F)c1F.Cc1cc(NC(=O)N2Cc3c(noc3-c3cncs3)CC2C)cc(F)c1F.Cc1cc(NC(=O)N2Cc3c(noc3-c3cscn3)CC2C)cc(F)c1F.Cc1cc(NC(=O)N2Cc3c(noc3-c3nccs3)CC2C)cc(F)c1F. The van der Waals surface area contributed by atoms with E-state index in [0.717, 1.165) is 74.2 Å². The highest BCUT2D eigenvalue weighted by atomic mass is 32.1. The summed E-state index contributed by atoms with van der Waals surface area (Å²) < 4.78 is 130. The molecule has 0 saturated carbocycles. The van der Waals surface area contributed by atoms with Crippen molar-refractivity contribution >= 4 is 80.9 Å². The molecule has 16 rings (SSSR count). The smallest absolute Gasteiger partial charge is 0.322 e. The maximum absolute atomic E-state index is 13.6. The van der Waals surface area contributed by atoms with E-state index in [1.165, 1.54) is 86.0 Å². The number of anilines is 4. The van der Waals surface area contributed by atoms with Crippen LogP contribution in [0.3, 0.4) is 0 Å². The molecular weight excluding hydrogens is 1490 g/mol. The second kappa shape index (κ2) is 32.0. The maximum atomic E-state index is 13.6. The molecule has 4 aromatic carbocycles. The van der Waals surface area contributed by atoms with Crippen LogP contribution in [0, 0.1) is 74.2 Å². The monoisotopic (exact) mass is 1560 g/mol. The van der Waals surface area contributed by atoms with Gasteiger partial charge in [0.25, 0.3) is 0 Å². The lowest BCUT2D eigenvalue weighted by Gasteiger charge is -2.32. The van der Waals surface area contributed by atoms with Crippen LogP contribution in [0.2, 0.25) is 0 Å². The third-order valence-corrected chi connectivity index (χ3v) is 20.6. The lowest BCUT2D eigenvalue weighted by Crippen LogP contribution is -2.44. The fraction of sp³-hybridized carbons (Fsp3) is 0.274. The Balaban J connectivity index is 0.000000128. The van der Waals surface area contributed by atoms with E-state index >= 15 is 0 Å². The van der Waals surface area contributed by atoms with E-state index in [1.54, 1.807) is 61.6 Å². The average molecular weight is 1560 g/mol. The number of hydrogen-bond donors (Lipinski definition) is 4. The Kier molecular flexibility index (Phi) is 22.1. The number of rotatable bonds is 8. The summed E-state index contributed by atoms with van der Waals surface area (Å²) in [7, 11) is 0. The molecule has 8 amide bonds. The molecule has 4 N–H and O–H groups in total. The Hall–Kier alpha value is -11.8. The van der Waals surface area contributed by atoms with Crippen LogP contribution < -0.4 is 21.3 Å². The molecule has 12 aromatic rings. The fourth-order valence-corrected chi connectivity index (χ4v) is 14.6. The molecule has 0 aliphatic carbocycles. The summed E-state index contributed by atoms with van der Waals surface area (Å²) in [5.74, 6) is -5.46. The van der Waals surface area contributed by atoms with Gasteiger partial charge in [-0.3, -0.25) is 9.97 Å². The number of aryl methyl sites for hydroxylation is 4. The van der Waals surface area contributed by atoms with Gasteiger partial charge in [0.2, 0.25) is 5.76 Å². The van der Waals surface area contributed by atoms with Gasteiger partial charge in [0, 0.05) is 155 Å². The predicted molar refractivity (Wildman–Crippen MR) is 386 cm³/mol. The van der Waals surface area contributed by atoms with Crippen LogP contribution in [-0.2, 0) is 51.9 Å². The number of halogens is 8. The van der Waals surface area contributed by atoms with Gasteiger partial charge in [0.05, 0.1) is 71.0 Å². The van der Waals surface area contributed by atoms with E-state index in [1.807, 2.05) is 38.5 Å². The molecular formula is C73H65F8N17O8S3. The number of carbonyl (C=O) groups excluding carboxylic acids is 4. The van der Waals surface area contributed by atoms with Gasteiger partial charge in [-0.25, -0.2) is 69.3 Å². The topological polar surface area (TPSA) is 298 Å². The second-order valence-corrected chi connectivity index (χ2v) is 28.7. The van der Waals surface area contributed by atoms with Crippen molar-refractivity contribution in [2.75, 3.05) is 21.3 Å². The zero-order valence-corrected chi connectivity index (χ0v) is 61.6. The summed E-state index contributed by atoms with van der Waals surface area (Å²) in [6, 6.07) is 7.33. The molecule has 4 unspecified atom stereocenters. The third kappa shape index (κ3) is 16.3. The molecule has 25 nitrogen and oxygen atoms in total. The molecule has 0 bridgehead atoms. The molecule has 564 valence electrons. The number of fused-ring (bicyclic) bond motifs is 4. The molecule has 4 aliphatic heterocycles. The largest absolute Gasteiger partial charge is 0.355 e. The quantitative estimate of drug-likeness (QED) is 0.103. The van der Waals surface area contributed by atoms with Gasteiger partial charge in [-0.05, 0) is 102 Å². The van der Waals surface area contributed by atoms with Crippen LogP contribution in [0.1, 0.15) is 95.0 Å². The number of hydrogen-bond acceptors (Lipinski definition) is 20. The Morgan fingerprint density at radius 1 is 0.413 bits per heavy atom. The lowest BCUT2D eigenvalue weighted by molar-refractivity contribution is 0.181. The summed E-state index contributed by atoms with van der Waals surface area (Å²) in [6.45, 7) is 14.5. The average Bonchev–Trinajstić information content (AvgIpc) is 1.48. The number of amides is 8. The Bertz CT molecular complexity index is 4880. The molecule has 4 aliphatic rings. The van der Waals surface area contributed by atoms with Crippen LogP contribution in [0.4, 0.5) is 77.1 Å². The van der Waals surface area contributed by atoms with Crippen LogP contribution in [0.5, 0.6) is 0 Å². The standard InChI is InChI=1S/C19H17F2N5O2.3C18H16F2N4O2S/c1-10-5-12(7-14(20)17(10)21)24-19(27)26-9-13-15(6-11(26)2)25-28-18(13)16-8-22-3-4-23-16;1-9-3-11(5-13(19)16(9)20)22-18(25)24-7-12-14(4-10(24)2)23-26-17(12)15-6-21-8-27-15;1-9-3-11(5-13(19)16(9)20)22-18(25)24-6-12-14(4-10(24)2)23-26-17(12)15-7-27-8-21-15;1-9-5-11(7-13(19)15(9)20)22-18(25)24-8-12-14(6-10(24)2)23-26-16(12)17-21-3-4-27-17/h3-5,7-8,11H,6,9H2,1-2H3,(H,24,27);3,5-6,8,10H,4,7H2,1-2H3,(H,22,25);3,5,7-8,10H,4,6H2,1-2H3,(H,22,25);3-5,7,10H,6,8H2,1-2H3,(H,22,25). The Morgan fingerprint density at radius 3 is 1.11 bits per heavy atom. The van der Waals surface area contributed by atoms with Gasteiger partial charge < -0.3 is 59.0 Å². The highest BCUT2D eigenvalue weighted by molar-refractivity contribution is 7.13. The Morgan fingerprint density at radius 2 is 0.780 bits per heavy atom. The van der Waals surface area contributed by atoms with Crippen molar-refractivity contribution in [3.05, 3.63) is 215 Å². The minimum absolute atomic E-state index is 0.119. The zero-order valence-electron chi connectivity index (χ0n) is 59.1. The van der Waals surface area contributed by atoms with Crippen LogP contribution in [-0.4, -0.2) is 113 Å². The number of carbonyl (C=O) groups is 4. The summed E-state index contributed by atoms with van der Waals surface area (Å²) in [6.07, 6.45) is 10.2. The fourth-order valence-electron chi connectivity index (χ4n) is 12.8. The van der Waals surface area contributed by atoms with Gasteiger partial charge in [0.15, 0.2) is 68.8 Å². The normalized spacial score (nSPS) is 16.2. The molecule has 109 heavy (non-hydrogen) atoms. The van der Waals surface area contributed by atoms with Crippen LogP contribution in [0.25, 0.3) is 44.3 Å². The first-order valence-electron chi connectivity index (χ1n) is 33.7. The third-order valence-electron chi connectivity index (χ3n) is 18.5. The number of nitrogens with one attached hydrogen (secondary N) is 4. The van der Waals surface area contributed by atoms with Crippen molar-refractivity contribution in [3.8, 4) is 44.3 Å². The minimum Gasteiger partial charge on any atom is -0.355 e. The van der Waals surface area contributed by atoms with E-state index in [2.05, 4.69) is 66.8 Å². The molecule has 12 heterocycles. The second-order valence-electron chi connectivity index (χ2n) is 26.2. The van der Waals surface area contributed by atoms with E-state index < -0.39 is 70.7 Å². The van der Waals surface area contributed by atoms with Gasteiger partial charge in [-0.1, -0.05) is 20.6 Å². The van der Waals surface area contributed by atoms with Crippen molar-refractivity contribution in [2.24, 2.45) is 0 Å². The molecule has 36 heteroatoms. The van der Waals surface area contributed by atoms with E-state index in [-0.39, 0.29) is 75.7 Å². The first-order chi connectivity index (χ1) is 52.2. The highest BCUT2D eigenvalue weighted by Crippen LogP contribution is 2.39. The van der Waals surface area contributed by atoms with Crippen molar-refractivity contribution < 1.29 is 72.4 Å². The maximum Gasteiger partial charge on any atom is 0.322 e. The van der Waals surface area contributed by atoms with E-state index in [4.69, 9.17) is 18.1 Å². The van der Waals surface area contributed by atoms with Crippen LogP contribution in [0.15, 0.2) is 119 Å². The summed E-state index contributed by atoms with van der Waals surface area (Å²) in [5, 5.41) is 31.4. The molecule has 0 spiro atoms. The Labute approximate surface area is 627 Å². The number of thiazole rings is 3. The number of aromatic nitrogens is 9. The number of nitrogens with zero attached hydrogens (tertiary/aromatic N) is 13. The summed E-state index contributed by atoms with van der Waals surface area (Å²) >= 11 is 4.30. The molecule has 4 atom stereocenters. The van der Waals surface area contributed by atoms with Crippen molar-refractivity contribution in [1.82, 2.24) is 65.1 Å². The molecule has 0 radical (unpaired) electrons. The van der Waals surface area contributed by atoms with Gasteiger partial charge in [-0.2, -0.15) is 0 Å². The lowest BCUT2D eigenvalue weighted by atomic mass is 9.99. The summed E-state index contributed by atoms with van der Waals surface area (Å²) in [4.78, 5) is 79.1. The highest BCUT2D eigenvalue weighted by Gasteiger charge is 2.38. The first kappa shape index (κ1) is 75.4. The summed E-state index contributed by atoms with van der Waals surface area (Å²) in [5.41, 5.74) is 12.4. The van der Waals surface area contributed by atoms with E-state index in [9.17, 15) is 54.3 Å². The first-order valence-corrected chi connectivity index (χ1v) is 36.4.